The summed E-state index contributed by atoms with van der Waals surface area (Å²) in [5, 5.41) is 176. The van der Waals surface area contributed by atoms with Crippen molar-refractivity contribution in [3.05, 3.63) is 0 Å². The van der Waals surface area contributed by atoms with Crippen LogP contribution in [-0.2, 0) is 28.5 Å². The summed E-state index contributed by atoms with van der Waals surface area (Å²) in [6.45, 7) is 0. The van der Waals surface area contributed by atoms with Crippen LogP contribution in [0.1, 0.15) is 77.0 Å². The van der Waals surface area contributed by atoms with Gasteiger partial charge in [0.15, 0.2) is 0 Å². The van der Waals surface area contributed by atoms with Crippen molar-refractivity contribution < 1.29 is 110 Å². The molecule has 66 heavy (non-hydrogen) atoms. The van der Waals surface area contributed by atoms with Crippen molar-refractivity contribution in [2.24, 2.45) is 47.3 Å². The Bertz CT molecular complexity index is 1530. The van der Waals surface area contributed by atoms with Crippen LogP contribution in [0.3, 0.4) is 0 Å². The molecule has 16 N–H and O–H groups in total. The number of hydrogen-bond acceptors (Lipinski definition) is 22. The highest BCUT2D eigenvalue weighted by Crippen LogP contribution is 2.53. The number of fused-ring (bicyclic) bond motifs is 2. The summed E-state index contributed by atoms with van der Waals surface area (Å²) in [6, 6.07) is 0. The fraction of sp³-hybridized carbons (Fsp3) is 0.955. The predicted molar refractivity (Wildman–Crippen MR) is 217 cm³/mol. The number of ether oxygens (including phenoxy) is 4. The van der Waals surface area contributed by atoms with Crippen molar-refractivity contribution >= 4 is 11.9 Å². The van der Waals surface area contributed by atoms with E-state index in [2.05, 4.69) is 0 Å². The van der Waals surface area contributed by atoms with Crippen molar-refractivity contribution in [3.63, 3.8) is 0 Å². The molecule has 0 spiro atoms. The van der Waals surface area contributed by atoms with Gasteiger partial charge in [-0.3, -0.25) is 9.59 Å². The Morgan fingerprint density at radius 1 is 0.333 bits per heavy atom. The van der Waals surface area contributed by atoms with E-state index in [1.165, 1.54) is 0 Å². The van der Waals surface area contributed by atoms with Gasteiger partial charge in [0.25, 0.3) is 0 Å². The molecule has 8 aliphatic rings. The zero-order chi connectivity index (χ0) is 47.8. The van der Waals surface area contributed by atoms with Crippen molar-refractivity contribution in [2.75, 3.05) is 0 Å². The molecule has 0 aromatic rings. The lowest BCUT2D eigenvalue weighted by Gasteiger charge is -2.57. The number of carbonyl (C=O) groups is 2. The number of aliphatic hydroxyl groups is 16. The summed E-state index contributed by atoms with van der Waals surface area (Å²) in [5.74, 6) is -10.7. The quantitative estimate of drug-likeness (QED) is 0.106. The van der Waals surface area contributed by atoms with Crippen LogP contribution in [-0.4, -0.2) is 228 Å². The first kappa shape index (κ1) is 50.6. The van der Waals surface area contributed by atoms with E-state index in [0.717, 1.165) is 0 Å². The van der Waals surface area contributed by atoms with E-state index >= 15 is 0 Å². The van der Waals surface area contributed by atoms with E-state index in [1.54, 1.807) is 0 Å². The smallest absolute Gasteiger partial charge is 0.309 e. The minimum Gasteiger partial charge on any atom is -0.459 e. The van der Waals surface area contributed by atoms with E-state index in [0.29, 0.717) is 0 Å². The maximum absolute atomic E-state index is 13.9. The monoisotopic (exact) mass is 950 g/mol. The van der Waals surface area contributed by atoms with E-state index < -0.39 is 194 Å². The van der Waals surface area contributed by atoms with Crippen molar-refractivity contribution in [1.82, 2.24) is 0 Å². The molecule has 2 saturated heterocycles. The van der Waals surface area contributed by atoms with Gasteiger partial charge in [-0.15, -0.1) is 0 Å². The third-order valence-electron chi connectivity index (χ3n) is 16.8. The summed E-state index contributed by atoms with van der Waals surface area (Å²) in [5.41, 5.74) is 0. The summed E-state index contributed by atoms with van der Waals surface area (Å²) < 4.78 is 25.5. The molecule has 6 saturated carbocycles. The zero-order valence-corrected chi connectivity index (χ0v) is 36.4. The van der Waals surface area contributed by atoms with Gasteiger partial charge in [-0.1, -0.05) is 0 Å². The fourth-order valence-electron chi connectivity index (χ4n) is 13.4. The van der Waals surface area contributed by atoms with Gasteiger partial charge in [-0.05, 0) is 101 Å². The fourth-order valence-corrected chi connectivity index (χ4v) is 13.4. The van der Waals surface area contributed by atoms with E-state index in [1.807, 2.05) is 0 Å². The molecule has 8 rings (SSSR count). The second kappa shape index (κ2) is 20.1. The van der Waals surface area contributed by atoms with Gasteiger partial charge in [-0.2, -0.15) is 0 Å². The molecule has 22 nitrogen and oxygen atoms in total. The maximum atomic E-state index is 13.9. The van der Waals surface area contributed by atoms with Gasteiger partial charge >= 0.3 is 11.9 Å². The van der Waals surface area contributed by atoms with Crippen LogP contribution in [0.2, 0.25) is 0 Å². The molecule has 2 aliphatic heterocycles. The van der Waals surface area contributed by atoms with Crippen LogP contribution in [0, 0.1) is 47.3 Å². The molecule has 0 amide bonds. The number of carbonyl (C=O) groups excluding carboxylic acids is 2. The number of esters is 2. The molecule has 0 bridgehead atoms. The average Bonchev–Trinajstić information content (AvgIpc) is 3.25. The van der Waals surface area contributed by atoms with Gasteiger partial charge in [0.05, 0.1) is 109 Å². The molecule has 2 heterocycles. The average molecular weight is 951 g/mol. The molecule has 22 heteroatoms. The minimum atomic E-state index is -1.93. The van der Waals surface area contributed by atoms with E-state index in [4.69, 9.17) is 18.9 Å². The van der Waals surface area contributed by atoms with Gasteiger partial charge in [0, 0.05) is 11.8 Å². The lowest BCUT2D eigenvalue weighted by atomic mass is 9.56. The second-order valence-corrected chi connectivity index (χ2v) is 21.1. The second-order valence-electron chi connectivity index (χ2n) is 21.1. The first-order valence-electron chi connectivity index (χ1n) is 23.7. The van der Waals surface area contributed by atoms with Crippen molar-refractivity contribution in [2.45, 2.75) is 211 Å². The number of rotatable bonds is 7. The minimum absolute atomic E-state index is 0.0203. The van der Waals surface area contributed by atoms with E-state index in [-0.39, 0.29) is 77.0 Å². The Labute approximate surface area is 380 Å². The van der Waals surface area contributed by atoms with E-state index in [9.17, 15) is 91.3 Å². The Kier molecular flexibility index (Phi) is 15.4. The van der Waals surface area contributed by atoms with Crippen LogP contribution in [0.25, 0.3) is 0 Å². The molecule has 0 radical (unpaired) electrons. The van der Waals surface area contributed by atoms with Gasteiger partial charge in [-0.25, -0.2) is 0 Å². The number of aliphatic hydroxyl groups excluding tert-OH is 16. The first-order valence-corrected chi connectivity index (χ1v) is 23.7. The highest BCUT2D eigenvalue weighted by atomic mass is 16.6. The molecule has 22 unspecified atom stereocenters. The molecular weight excluding hydrogens is 880 g/mol. The molecule has 0 aromatic heterocycles. The standard InChI is InChI=1S/C44H70O22/c45-15-5-21(47)17-11-31(65-43(61)13-1-23(49)35(55)24(50)2-13)41(63-29(17)7-15)19-9-27(53)37(57)39(59)33(19)34-20(10-28(54)38(58)40(34)60)42-32(12-18-22(48)6-16(46)8-30(18)64-42)66-44(62)14-3-25(51)36(56)26(52)4-14/h13-42,45-60H,1-12H2/t13?,14?,15?,16?,17?,18?,19?,20?,21?,22?,23?,24?,25?,26?,27?,28?,29?,30?,31-,32-,33?,34?,35?,36?,37?,38?,39?,40?,41-,42-/m1/s1. The Morgan fingerprint density at radius 3 is 0.985 bits per heavy atom. The van der Waals surface area contributed by atoms with Crippen LogP contribution < -0.4 is 0 Å². The zero-order valence-electron chi connectivity index (χ0n) is 36.4. The molecular formula is C44H70O22. The van der Waals surface area contributed by atoms with Crippen LogP contribution in [0.5, 0.6) is 0 Å². The lowest BCUT2D eigenvalue weighted by molar-refractivity contribution is -0.273. The molecule has 0 aromatic carbocycles. The van der Waals surface area contributed by atoms with Crippen LogP contribution >= 0.6 is 0 Å². The third-order valence-corrected chi connectivity index (χ3v) is 16.8. The Balaban J connectivity index is 1.16. The first-order chi connectivity index (χ1) is 31.1. The predicted octanol–water partition coefficient (Wildman–Crippen LogP) is -6.19. The van der Waals surface area contributed by atoms with Crippen molar-refractivity contribution in [3.8, 4) is 0 Å². The molecule has 8 fully saturated rings. The van der Waals surface area contributed by atoms with Crippen LogP contribution in [0.15, 0.2) is 0 Å². The molecule has 378 valence electrons. The third kappa shape index (κ3) is 9.80. The normalized spacial score (nSPS) is 55.8. The topological polar surface area (TPSA) is 395 Å². The van der Waals surface area contributed by atoms with Gasteiger partial charge < -0.3 is 101 Å². The summed E-state index contributed by atoms with van der Waals surface area (Å²) in [4.78, 5) is 27.9. The summed E-state index contributed by atoms with van der Waals surface area (Å²) in [7, 11) is 0. The summed E-state index contributed by atoms with van der Waals surface area (Å²) >= 11 is 0. The molecule has 26 atom stereocenters. The SMILES string of the molecule is O=C(O[C@@H]1CC2C(O)CC(O)CC2O[C@@H]1C1CC(O)C(O)C(O)C1C1C(O)C(O)C(O)CC1[C@H]1OC2CC(O)CC(O)C2C[C@H]1OC(=O)C1CC(O)C(O)C(O)C1)C1CC(O)C(O)C(O)C1. The van der Waals surface area contributed by atoms with Crippen molar-refractivity contribution in [1.29, 1.82) is 0 Å². The Hall–Kier alpha value is -1.78. The van der Waals surface area contributed by atoms with Crippen LogP contribution in [0.4, 0.5) is 0 Å². The largest absolute Gasteiger partial charge is 0.459 e. The highest BCUT2D eigenvalue weighted by molar-refractivity contribution is 5.73. The summed E-state index contributed by atoms with van der Waals surface area (Å²) in [6.07, 6.45) is -33.0. The lowest BCUT2D eigenvalue weighted by Crippen LogP contribution is -2.67. The van der Waals surface area contributed by atoms with Gasteiger partial charge in [0.1, 0.15) is 36.6 Å². The highest BCUT2D eigenvalue weighted by Gasteiger charge is 2.62. The Morgan fingerprint density at radius 2 is 0.652 bits per heavy atom. The number of hydrogen-bond donors (Lipinski definition) is 16. The van der Waals surface area contributed by atoms with Gasteiger partial charge in [0.2, 0.25) is 0 Å². The maximum Gasteiger partial charge on any atom is 0.309 e. The molecule has 6 aliphatic carbocycles.